The molecule has 5 heteroatoms. The Balaban J connectivity index is 1.78. The zero-order valence-corrected chi connectivity index (χ0v) is 18.0. The van der Waals surface area contributed by atoms with Gasteiger partial charge in [0.25, 0.3) is 0 Å². The zero-order chi connectivity index (χ0) is 20.7. The predicted octanol–water partition coefficient (Wildman–Crippen LogP) is 5.28. The van der Waals surface area contributed by atoms with Crippen LogP contribution in [0, 0.1) is 6.92 Å². The van der Waals surface area contributed by atoms with Crippen LogP contribution < -0.4 is 5.32 Å². The average molecular weight is 401 g/mol. The van der Waals surface area contributed by atoms with Gasteiger partial charge < -0.3 is 15.0 Å². The molecule has 1 aromatic carbocycles. The van der Waals surface area contributed by atoms with Crippen molar-refractivity contribution in [1.29, 1.82) is 0 Å². The van der Waals surface area contributed by atoms with E-state index in [9.17, 15) is 9.59 Å². The molecule has 1 heterocycles. The van der Waals surface area contributed by atoms with Crippen LogP contribution in [0.3, 0.4) is 0 Å². The second-order valence-electron chi connectivity index (χ2n) is 8.72. The fraction of sp³-hybridized carbons (Fsp3) is 0.667. The molecular weight excluding hydrogens is 364 g/mol. The minimum absolute atomic E-state index is 0.0244. The SMILES string of the molecule is CCOC(=O)CC1(NC(=O)N2CCCCCC2c2ccc(C)cc2)CCCCC1. The molecule has 1 saturated heterocycles. The molecule has 2 aliphatic rings. The number of hydrogen-bond acceptors (Lipinski definition) is 3. The highest BCUT2D eigenvalue weighted by atomic mass is 16.5. The summed E-state index contributed by atoms with van der Waals surface area (Å²) in [6.45, 7) is 5.06. The number of carbonyl (C=O) groups is 2. The van der Waals surface area contributed by atoms with E-state index >= 15 is 0 Å². The first-order valence-corrected chi connectivity index (χ1v) is 11.3. The number of nitrogens with one attached hydrogen (secondary N) is 1. The Hall–Kier alpha value is -2.04. The number of likely N-dealkylation sites (tertiary alicyclic amines) is 1. The van der Waals surface area contributed by atoms with Crippen LogP contribution in [0.2, 0.25) is 0 Å². The van der Waals surface area contributed by atoms with E-state index in [1.165, 1.54) is 11.1 Å². The summed E-state index contributed by atoms with van der Waals surface area (Å²) in [6.07, 6.45) is 9.52. The van der Waals surface area contributed by atoms with Crippen molar-refractivity contribution >= 4 is 12.0 Å². The number of esters is 1. The van der Waals surface area contributed by atoms with Crippen LogP contribution >= 0.6 is 0 Å². The molecule has 5 nitrogen and oxygen atoms in total. The predicted molar refractivity (Wildman–Crippen MR) is 115 cm³/mol. The first kappa shape index (κ1) is 21.7. The molecule has 29 heavy (non-hydrogen) atoms. The normalized spacial score (nSPS) is 21.9. The quantitative estimate of drug-likeness (QED) is 0.684. The van der Waals surface area contributed by atoms with Crippen molar-refractivity contribution in [1.82, 2.24) is 10.2 Å². The second kappa shape index (κ2) is 10.1. The number of ether oxygens (including phenoxy) is 1. The number of hydrogen-bond donors (Lipinski definition) is 1. The fourth-order valence-electron chi connectivity index (χ4n) is 4.85. The van der Waals surface area contributed by atoms with Gasteiger partial charge in [0.15, 0.2) is 0 Å². The number of urea groups is 1. The molecule has 1 N–H and O–H groups in total. The van der Waals surface area contributed by atoms with Crippen molar-refractivity contribution in [2.75, 3.05) is 13.2 Å². The molecule has 160 valence electrons. The summed E-state index contributed by atoms with van der Waals surface area (Å²) in [7, 11) is 0. The van der Waals surface area contributed by atoms with Crippen LogP contribution in [0.5, 0.6) is 0 Å². The smallest absolute Gasteiger partial charge is 0.318 e. The van der Waals surface area contributed by atoms with Crippen molar-refractivity contribution in [3.63, 3.8) is 0 Å². The van der Waals surface area contributed by atoms with Crippen LogP contribution in [0.25, 0.3) is 0 Å². The third-order valence-electron chi connectivity index (χ3n) is 6.45. The number of benzene rings is 1. The molecule has 3 rings (SSSR count). The summed E-state index contributed by atoms with van der Waals surface area (Å²) in [5.41, 5.74) is 1.97. The second-order valence-corrected chi connectivity index (χ2v) is 8.72. The fourth-order valence-corrected chi connectivity index (χ4v) is 4.85. The lowest BCUT2D eigenvalue weighted by atomic mass is 9.79. The molecule has 1 aliphatic heterocycles. The van der Waals surface area contributed by atoms with E-state index in [1.807, 2.05) is 11.8 Å². The number of rotatable bonds is 5. The molecule has 1 atom stereocenters. The largest absolute Gasteiger partial charge is 0.466 e. The van der Waals surface area contributed by atoms with Gasteiger partial charge in [-0.25, -0.2) is 4.79 Å². The topological polar surface area (TPSA) is 58.6 Å². The van der Waals surface area contributed by atoms with Gasteiger partial charge in [-0.2, -0.15) is 0 Å². The first-order chi connectivity index (χ1) is 14.0. The highest BCUT2D eigenvalue weighted by Gasteiger charge is 2.38. The molecule has 1 aromatic rings. The van der Waals surface area contributed by atoms with Gasteiger partial charge in [0, 0.05) is 6.54 Å². The maximum absolute atomic E-state index is 13.5. The van der Waals surface area contributed by atoms with Gasteiger partial charge in [0.05, 0.1) is 24.6 Å². The third kappa shape index (κ3) is 5.74. The molecule has 1 saturated carbocycles. The molecule has 1 aliphatic carbocycles. The van der Waals surface area contributed by atoms with Crippen LogP contribution in [-0.4, -0.2) is 35.6 Å². The van der Waals surface area contributed by atoms with Crippen LogP contribution in [-0.2, 0) is 9.53 Å². The lowest BCUT2D eigenvalue weighted by Gasteiger charge is -2.40. The maximum Gasteiger partial charge on any atom is 0.318 e. The summed E-state index contributed by atoms with van der Waals surface area (Å²) < 4.78 is 5.21. The first-order valence-electron chi connectivity index (χ1n) is 11.3. The summed E-state index contributed by atoms with van der Waals surface area (Å²) in [5.74, 6) is -0.208. The Morgan fingerprint density at radius 2 is 1.76 bits per heavy atom. The number of aryl methyl sites for hydroxylation is 1. The number of carbonyl (C=O) groups excluding carboxylic acids is 2. The van der Waals surface area contributed by atoms with Gasteiger partial charge in [0.2, 0.25) is 0 Å². The minimum Gasteiger partial charge on any atom is -0.466 e. The summed E-state index contributed by atoms with van der Waals surface area (Å²) in [6, 6.07) is 8.63. The molecular formula is C24H36N2O3. The van der Waals surface area contributed by atoms with Gasteiger partial charge in [-0.1, -0.05) is 61.9 Å². The Bertz CT molecular complexity index is 680. The van der Waals surface area contributed by atoms with Gasteiger partial charge >= 0.3 is 12.0 Å². The van der Waals surface area contributed by atoms with E-state index in [-0.39, 0.29) is 24.5 Å². The van der Waals surface area contributed by atoms with Crippen molar-refractivity contribution in [2.24, 2.45) is 0 Å². The maximum atomic E-state index is 13.5. The molecule has 1 unspecified atom stereocenters. The van der Waals surface area contributed by atoms with Gasteiger partial charge in [0.1, 0.15) is 0 Å². The van der Waals surface area contributed by atoms with Crippen LogP contribution in [0.4, 0.5) is 4.79 Å². The van der Waals surface area contributed by atoms with Crippen molar-refractivity contribution in [3.05, 3.63) is 35.4 Å². The number of amides is 2. The van der Waals surface area contributed by atoms with E-state index in [4.69, 9.17) is 4.74 Å². The van der Waals surface area contributed by atoms with Crippen molar-refractivity contribution in [2.45, 2.75) is 89.6 Å². The number of nitrogens with zero attached hydrogens (tertiary/aromatic N) is 1. The van der Waals surface area contributed by atoms with Crippen molar-refractivity contribution in [3.8, 4) is 0 Å². The summed E-state index contributed by atoms with van der Waals surface area (Å²) in [5, 5.41) is 3.32. The van der Waals surface area contributed by atoms with Crippen LogP contribution in [0.1, 0.15) is 88.3 Å². The van der Waals surface area contributed by atoms with E-state index in [1.54, 1.807) is 0 Å². The minimum atomic E-state index is -0.467. The Morgan fingerprint density at radius 3 is 2.45 bits per heavy atom. The van der Waals surface area contributed by atoms with E-state index in [0.717, 1.165) is 64.3 Å². The van der Waals surface area contributed by atoms with Gasteiger partial charge in [-0.15, -0.1) is 0 Å². The third-order valence-corrected chi connectivity index (χ3v) is 6.45. The lowest BCUT2D eigenvalue weighted by molar-refractivity contribution is -0.145. The molecule has 2 fully saturated rings. The average Bonchev–Trinajstić information content (AvgIpc) is 2.95. The van der Waals surface area contributed by atoms with Gasteiger partial charge in [-0.3, -0.25) is 4.79 Å². The molecule has 0 spiro atoms. The Morgan fingerprint density at radius 1 is 1.07 bits per heavy atom. The standard InChI is InChI=1S/C24H36N2O3/c1-3-29-22(27)18-24(15-7-5-8-16-24)25-23(28)26-17-9-4-6-10-21(26)20-13-11-19(2)12-14-20/h11-14,21H,3-10,15-18H2,1-2H3,(H,25,28). The molecule has 2 amide bonds. The molecule has 0 radical (unpaired) electrons. The molecule has 0 aromatic heterocycles. The van der Waals surface area contributed by atoms with Gasteiger partial charge in [-0.05, 0) is 45.1 Å². The summed E-state index contributed by atoms with van der Waals surface area (Å²) in [4.78, 5) is 27.7. The Labute approximate surface area is 175 Å². The van der Waals surface area contributed by atoms with E-state index in [2.05, 4.69) is 36.5 Å². The monoisotopic (exact) mass is 400 g/mol. The Kier molecular flexibility index (Phi) is 7.57. The summed E-state index contributed by atoms with van der Waals surface area (Å²) >= 11 is 0. The lowest BCUT2D eigenvalue weighted by Crippen LogP contribution is -2.55. The van der Waals surface area contributed by atoms with E-state index < -0.39 is 5.54 Å². The zero-order valence-electron chi connectivity index (χ0n) is 18.0. The van der Waals surface area contributed by atoms with Crippen LogP contribution in [0.15, 0.2) is 24.3 Å². The highest BCUT2D eigenvalue weighted by Crippen LogP contribution is 2.34. The highest BCUT2D eigenvalue weighted by molar-refractivity contribution is 5.78. The molecule has 0 bridgehead atoms. The van der Waals surface area contributed by atoms with E-state index in [0.29, 0.717) is 6.61 Å². The van der Waals surface area contributed by atoms with Crippen molar-refractivity contribution < 1.29 is 14.3 Å².